The molecule has 3 heterocycles. The van der Waals surface area contributed by atoms with Gasteiger partial charge in [-0.25, -0.2) is 0 Å². The summed E-state index contributed by atoms with van der Waals surface area (Å²) in [7, 11) is 0. The summed E-state index contributed by atoms with van der Waals surface area (Å²) in [5.41, 5.74) is 0. The lowest BCUT2D eigenvalue weighted by Gasteiger charge is -2.23. The van der Waals surface area contributed by atoms with Gasteiger partial charge in [0.25, 0.3) is 0 Å². The van der Waals surface area contributed by atoms with Crippen LogP contribution in [0, 0.1) is 0 Å². The molecule has 20 heavy (non-hydrogen) atoms. The van der Waals surface area contributed by atoms with Gasteiger partial charge in [0.2, 0.25) is 11.7 Å². The molecule has 1 N–H and O–H groups in total. The number of hydrogen-bond donors (Lipinski definition) is 1. The van der Waals surface area contributed by atoms with Crippen LogP contribution in [-0.2, 0) is 0 Å². The van der Waals surface area contributed by atoms with Gasteiger partial charge in [0.15, 0.2) is 5.84 Å². The fourth-order valence-electron chi connectivity index (χ4n) is 2.62. The van der Waals surface area contributed by atoms with E-state index < -0.39 is 0 Å². The Balaban J connectivity index is 0.000000704. The Kier molecular flexibility index (Phi) is 4.75. The predicted molar refractivity (Wildman–Crippen MR) is 79.1 cm³/mol. The van der Waals surface area contributed by atoms with Crippen molar-refractivity contribution in [3.8, 4) is 0 Å². The predicted octanol–water partition coefficient (Wildman–Crippen LogP) is 1.64. The molecule has 0 bridgehead atoms. The van der Waals surface area contributed by atoms with Crippen LogP contribution in [0.25, 0.3) is 0 Å². The molecule has 3 rings (SSSR count). The van der Waals surface area contributed by atoms with Crippen molar-refractivity contribution < 1.29 is 4.52 Å². The maximum Gasteiger partial charge on any atom is 0.237 e. The maximum absolute atomic E-state index is 5.27. The first-order valence-corrected chi connectivity index (χ1v) is 7.59. The number of fused-ring (bicyclic) bond motifs is 1. The number of aromatic nitrogens is 2. The average Bonchev–Trinajstić information content (AvgIpc) is 3.15. The average molecular weight is 279 g/mol. The lowest BCUT2D eigenvalue weighted by atomic mass is 10.2. The minimum Gasteiger partial charge on any atom is -0.347 e. The smallest absolute Gasteiger partial charge is 0.237 e. The molecule has 2 unspecified atom stereocenters. The molecule has 0 saturated carbocycles. The van der Waals surface area contributed by atoms with E-state index in [9.17, 15) is 0 Å². The van der Waals surface area contributed by atoms with Crippen molar-refractivity contribution in [2.24, 2.45) is 4.99 Å². The van der Waals surface area contributed by atoms with Gasteiger partial charge in [-0.05, 0) is 6.92 Å². The van der Waals surface area contributed by atoms with Crippen LogP contribution in [-0.4, -0.2) is 52.6 Å². The Bertz CT molecular complexity index is 468. The number of likely N-dealkylation sites (N-methyl/N-ethyl adjacent to an activating group) is 1. The van der Waals surface area contributed by atoms with E-state index in [0.29, 0.717) is 23.8 Å². The third kappa shape index (κ3) is 2.57. The minimum atomic E-state index is 0.254. The van der Waals surface area contributed by atoms with Crippen molar-refractivity contribution in [3.63, 3.8) is 0 Å². The zero-order valence-electron chi connectivity index (χ0n) is 13.1. The number of nitrogens with one attached hydrogen (secondary N) is 1. The molecule has 1 aromatic rings. The van der Waals surface area contributed by atoms with E-state index in [2.05, 4.69) is 27.3 Å². The van der Waals surface area contributed by atoms with Crippen LogP contribution in [0.2, 0.25) is 0 Å². The quantitative estimate of drug-likeness (QED) is 0.911. The van der Waals surface area contributed by atoms with Crippen molar-refractivity contribution in [2.45, 2.75) is 52.6 Å². The van der Waals surface area contributed by atoms with Crippen LogP contribution in [0.1, 0.15) is 52.3 Å². The molecular weight excluding hydrogens is 254 g/mol. The van der Waals surface area contributed by atoms with E-state index in [-0.39, 0.29) is 5.92 Å². The third-order valence-electron chi connectivity index (χ3n) is 3.59. The maximum atomic E-state index is 5.27. The highest BCUT2D eigenvalue weighted by molar-refractivity contribution is 5.97. The summed E-state index contributed by atoms with van der Waals surface area (Å²) in [4.78, 5) is 11.5. The highest BCUT2D eigenvalue weighted by Crippen LogP contribution is 2.23. The van der Waals surface area contributed by atoms with Crippen LogP contribution in [0.5, 0.6) is 0 Å². The Morgan fingerprint density at radius 2 is 2.10 bits per heavy atom. The van der Waals surface area contributed by atoms with Crippen molar-refractivity contribution in [1.82, 2.24) is 20.4 Å². The molecule has 112 valence electrons. The van der Waals surface area contributed by atoms with Gasteiger partial charge in [-0.1, -0.05) is 32.9 Å². The largest absolute Gasteiger partial charge is 0.347 e. The highest BCUT2D eigenvalue weighted by atomic mass is 16.5. The number of aliphatic imine (C=N–C) groups is 1. The number of amidine groups is 1. The monoisotopic (exact) mass is 279 g/mol. The van der Waals surface area contributed by atoms with Gasteiger partial charge in [0.1, 0.15) is 0 Å². The normalized spacial score (nSPS) is 24.5. The fourth-order valence-corrected chi connectivity index (χ4v) is 2.62. The summed E-state index contributed by atoms with van der Waals surface area (Å²) in [6.45, 7) is 13.1. The second-order valence-corrected chi connectivity index (χ2v) is 5.14. The molecule has 0 spiro atoms. The van der Waals surface area contributed by atoms with Crippen molar-refractivity contribution in [2.75, 3.05) is 19.6 Å². The zero-order valence-corrected chi connectivity index (χ0v) is 13.1. The molecule has 2 aliphatic heterocycles. The first-order valence-electron chi connectivity index (χ1n) is 7.59. The van der Waals surface area contributed by atoms with E-state index in [4.69, 9.17) is 9.52 Å². The molecule has 2 aliphatic rings. The number of nitrogens with zero attached hydrogens (tertiary/aromatic N) is 4. The molecule has 1 aromatic heterocycles. The van der Waals surface area contributed by atoms with Crippen molar-refractivity contribution >= 4 is 5.84 Å². The molecule has 6 nitrogen and oxygen atoms in total. The molecular formula is C14H25N5O. The second kappa shape index (κ2) is 6.35. The molecule has 1 fully saturated rings. The first-order chi connectivity index (χ1) is 9.70. The van der Waals surface area contributed by atoms with E-state index in [1.165, 1.54) is 0 Å². The molecule has 2 atom stereocenters. The fraction of sp³-hybridized carbons (Fsp3) is 0.786. The van der Waals surface area contributed by atoms with E-state index in [1.807, 2.05) is 27.7 Å². The summed E-state index contributed by atoms with van der Waals surface area (Å²) in [6.07, 6.45) is 0. The van der Waals surface area contributed by atoms with E-state index in [1.54, 1.807) is 0 Å². The standard InChI is InChI=1S/C12H19N5O.C2H6/c1-4-17-9-6-13-5-8(9)14-11(17)10-15-12(7(2)3)18-16-10;1-2/h7-9,13H,4-6H2,1-3H3;1-2H3. The van der Waals surface area contributed by atoms with Crippen molar-refractivity contribution in [3.05, 3.63) is 11.7 Å². The van der Waals surface area contributed by atoms with Gasteiger partial charge < -0.3 is 14.7 Å². The van der Waals surface area contributed by atoms with Gasteiger partial charge in [-0.15, -0.1) is 0 Å². The lowest BCUT2D eigenvalue weighted by molar-refractivity contribution is 0.348. The Morgan fingerprint density at radius 3 is 2.70 bits per heavy atom. The topological polar surface area (TPSA) is 66.5 Å². The Morgan fingerprint density at radius 1 is 1.35 bits per heavy atom. The van der Waals surface area contributed by atoms with E-state index >= 15 is 0 Å². The van der Waals surface area contributed by atoms with Crippen LogP contribution < -0.4 is 5.32 Å². The van der Waals surface area contributed by atoms with Crippen LogP contribution in [0.4, 0.5) is 0 Å². The molecule has 0 radical (unpaired) electrons. The summed E-state index contributed by atoms with van der Waals surface area (Å²) < 4.78 is 5.27. The Hall–Kier alpha value is -1.43. The van der Waals surface area contributed by atoms with Crippen LogP contribution in [0.3, 0.4) is 0 Å². The third-order valence-corrected chi connectivity index (χ3v) is 3.59. The van der Waals surface area contributed by atoms with Gasteiger partial charge in [0.05, 0.1) is 12.1 Å². The summed E-state index contributed by atoms with van der Waals surface area (Å²) in [5, 5.41) is 7.44. The van der Waals surface area contributed by atoms with Crippen molar-refractivity contribution in [1.29, 1.82) is 0 Å². The molecule has 6 heteroatoms. The minimum absolute atomic E-state index is 0.254. The highest BCUT2D eigenvalue weighted by Gasteiger charge is 2.40. The van der Waals surface area contributed by atoms with Gasteiger partial charge in [-0.3, -0.25) is 4.99 Å². The van der Waals surface area contributed by atoms with Gasteiger partial charge in [-0.2, -0.15) is 4.98 Å². The Labute approximate surface area is 120 Å². The van der Waals surface area contributed by atoms with Gasteiger partial charge >= 0.3 is 0 Å². The molecule has 0 aliphatic carbocycles. The van der Waals surface area contributed by atoms with E-state index in [0.717, 1.165) is 25.5 Å². The second-order valence-electron chi connectivity index (χ2n) is 5.14. The molecule has 1 saturated heterocycles. The van der Waals surface area contributed by atoms with Gasteiger partial charge in [0, 0.05) is 25.6 Å². The lowest BCUT2D eigenvalue weighted by Crippen LogP contribution is -2.40. The summed E-state index contributed by atoms with van der Waals surface area (Å²) in [6, 6.07) is 0.784. The summed E-state index contributed by atoms with van der Waals surface area (Å²) >= 11 is 0. The molecule has 0 aromatic carbocycles. The first kappa shape index (κ1) is 15.0. The number of hydrogen-bond acceptors (Lipinski definition) is 6. The van der Waals surface area contributed by atoms with Crippen LogP contribution >= 0.6 is 0 Å². The van der Waals surface area contributed by atoms with Crippen LogP contribution in [0.15, 0.2) is 9.52 Å². The SMILES string of the molecule is CC.CCN1C(c2noc(C(C)C)n2)=NC2CNCC21. The number of rotatable bonds is 3. The summed E-state index contributed by atoms with van der Waals surface area (Å²) in [5.74, 6) is 2.46. The molecule has 0 amide bonds. The zero-order chi connectivity index (χ0) is 14.7.